The minimum absolute atomic E-state index is 0.122. The molecule has 18 heavy (non-hydrogen) atoms. The molecule has 4 nitrogen and oxygen atoms in total. The molecule has 0 fully saturated rings. The van der Waals surface area contributed by atoms with Gasteiger partial charge in [-0.2, -0.15) is 5.10 Å². The van der Waals surface area contributed by atoms with Crippen LogP contribution in [0.15, 0.2) is 23.3 Å². The summed E-state index contributed by atoms with van der Waals surface area (Å²) in [6.07, 6.45) is 3.69. The minimum atomic E-state index is 0.122. The van der Waals surface area contributed by atoms with Crippen molar-refractivity contribution in [3.05, 3.63) is 28.8 Å². The lowest BCUT2D eigenvalue weighted by atomic mass is 10.2. The Balaban J connectivity index is 2.61. The second kappa shape index (κ2) is 7.89. The molecule has 0 aliphatic rings. The fourth-order valence-electron chi connectivity index (χ4n) is 1.21. The summed E-state index contributed by atoms with van der Waals surface area (Å²) >= 11 is 10.7. The second-order valence-electron chi connectivity index (χ2n) is 3.63. The van der Waals surface area contributed by atoms with E-state index in [4.69, 9.17) is 22.1 Å². The summed E-state index contributed by atoms with van der Waals surface area (Å²) in [6.45, 7) is 2.78. The van der Waals surface area contributed by atoms with E-state index < -0.39 is 0 Å². The minimum Gasteiger partial charge on any atom is -0.492 e. The Hall–Kier alpha value is -1.33. The summed E-state index contributed by atoms with van der Waals surface area (Å²) < 4.78 is 5.54. The van der Waals surface area contributed by atoms with Crippen LogP contribution in [0.5, 0.6) is 5.75 Å². The Kier molecular flexibility index (Phi) is 6.46. The van der Waals surface area contributed by atoms with Gasteiger partial charge in [-0.05, 0) is 42.4 Å². The maximum Gasteiger partial charge on any atom is 0.184 e. The third-order valence-corrected chi connectivity index (χ3v) is 2.49. The number of nitrogens with two attached hydrogens (primary N) is 1. The highest BCUT2D eigenvalue weighted by Gasteiger charge is 2.01. The molecule has 1 aromatic rings. The number of benzene rings is 1. The van der Waals surface area contributed by atoms with Gasteiger partial charge in [0.1, 0.15) is 5.75 Å². The van der Waals surface area contributed by atoms with Gasteiger partial charge >= 0.3 is 0 Å². The molecular weight excluding hydrogens is 270 g/mol. The van der Waals surface area contributed by atoms with Crippen LogP contribution >= 0.6 is 23.8 Å². The van der Waals surface area contributed by atoms with Gasteiger partial charge in [0.25, 0.3) is 0 Å². The summed E-state index contributed by atoms with van der Waals surface area (Å²) in [6, 6.07) is 5.45. The van der Waals surface area contributed by atoms with Crippen LogP contribution in [-0.2, 0) is 0 Å². The van der Waals surface area contributed by atoms with Gasteiger partial charge in [-0.15, -0.1) is 0 Å². The van der Waals surface area contributed by atoms with Gasteiger partial charge in [-0.3, -0.25) is 5.43 Å². The molecule has 0 atom stereocenters. The zero-order valence-electron chi connectivity index (χ0n) is 10.1. The number of hydrazone groups is 1. The van der Waals surface area contributed by atoms with Crippen molar-refractivity contribution in [3.8, 4) is 5.75 Å². The highest BCUT2D eigenvalue weighted by molar-refractivity contribution is 7.80. The first-order valence-electron chi connectivity index (χ1n) is 5.64. The van der Waals surface area contributed by atoms with E-state index in [1.54, 1.807) is 12.3 Å². The summed E-state index contributed by atoms with van der Waals surface area (Å²) in [5.41, 5.74) is 8.55. The maximum atomic E-state index is 6.09. The zero-order valence-corrected chi connectivity index (χ0v) is 11.7. The molecule has 0 amide bonds. The van der Waals surface area contributed by atoms with Crippen molar-refractivity contribution >= 4 is 35.1 Å². The number of unbranched alkanes of at least 4 members (excludes halogenated alkanes) is 1. The van der Waals surface area contributed by atoms with Crippen LogP contribution < -0.4 is 15.9 Å². The lowest BCUT2D eigenvalue weighted by Gasteiger charge is -2.07. The number of halogens is 1. The molecule has 1 rings (SSSR count). The van der Waals surface area contributed by atoms with Gasteiger partial charge in [-0.1, -0.05) is 24.9 Å². The fourth-order valence-corrected chi connectivity index (χ4v) is 1.51. The largest absolute Gasteiger partial charge is 0.492 e. The monoisotopic (exact) mass is 285 g/mol. The number of rotatable bonds is 6. The van der Waals surface area contributed by atoms with Gasteiger partial charge in [0, 0.05) is 0 Å². The van der Waals surface area contributed by atoms with E-state index in [0.717, 1.165) is 18.4 Å². The topological polar surface area (TPSA) is 59.6 Å². The molecule has 98 valence electrons. The van der Waals surface area contributed by atoms with E-state index in [2.05, 4.69) is 29.7 Å². The average Bonchev–Trinajstić information content (AvgIpc) is 2.31. The van der Waals surface area contributed by atoms with E-state index in [1.807, 2.05) is 12.1 Å². The van der Waals surface area contributed by atoms with Gasteiger partial charge in [0.05, 0.1) is 17.8 Å². The molecule has 6 heteroatoms. The predicted molar refractivity (Wildman–Crippen MR) is 79.4 cm³/mol. The van der Waals surface area contributed by atoms with E-state index in [0.29, 0.717) is 17.4 Å². The number of ether oxygens (including phenoxy) is 1. The third kappa shape index (κ3) is 5.33. The van der Waals surface area contributed by atoms with Crippen molar-refractivity contribution in [2.45, 2.75) is 19.8 Å². The predicted octanol–water partition coefficient (Wildman–Crippen LogP) is 2.69. The van der Waals surface area contributed by atoms with Crippen molar-refractivity contribution in [3.63, 3.8) is 0 Å². The standard InChI is InChI=1S/C12H16ClN3OS/c1-2-3-6-17-11-5-4-9(7-10(11)13)8-15-16-12(14)18/h4-5,7-8H,2-3,6H2,1H3,(H3,14,16,18). The number of hydrogen-bond donors (Lipinski definition) is 2. The molecule has 0 aliphatic carbocycles. The van der Waals surface area contributed by atoms with Crippen LogP contribution in [0, 0.1) is 0 Å². The quantitative estimate of drug-likeness (QED) is 0.365. The average molecular weight is 286 g/mol. The summed E-state index contributed by atoms with van der Waals surface area (Å²) in [7, 11) is 0. The lowest BCUT2D eigenvalue weighted by Crippen LogP contribution is -2.23. The Morgan fingerprint density at radius 1 is 1.61 bits per heavy atom. The van der Waals surface area contributed by atoms with Crippen LogP contribution in [-0.4, -0.2) is 17.9 Å². The van der Waals surface area contributed by atoms with Crippen molar-refractivity contribution in [2.75, 3.05) is 6.61 Å². The number of nitrogens with zero attached hydrogens (tertiary/aromatic N) is 1. The molecule has 0 spiro atoms. The highest BCUT2D eigenvalue weighted by Crippen LogP contribution is 2.25. The molecule has 1 aromatic carbocycles. The summed E-state index contributed by atoms with van der Waals surface area (Å²) in [4.78, 5) is 0. The van der Waals surface area contributed by atoms with Crippen molar-refractivity contribution in [2.24, 2.45) is 10.8 Å². The fraction of sp³-hybridized carbons (Fsp3) is 0.333. The van der Waals surface area contributed by atoms with Crippen LogP contribution in [0.3, 0.4) is 0 Å². The smallest absolute Gasteiger partial charge is 0.184 e. The van der Waals surface area contributed by atoms with Crippen molar-refractivity contribution < 1.29 is 4.74 Å². The normalized spacial score (nSPS) is 10.6. The zero-order chi connectivity index (χ0) is 13.4. The number of hydrogen-bond acceptors (Lipinski definition) is 3. The third-order valence-electron chi connectivity index (χ3n) is 2.10. The molecule has 0 heterocycles. The van der Waals surface area contributed by atoms with Crippen molar-refractivity contribution in [1.29, 1.82) is 0 Å². The van der Waals surface area contributed by atoms with E-state index in [1.165, 1.54) is 0 Å². The first-order chi connectivity index (χ1) is 8.63. The SMILES string of the molecule is CCCCOc1ccc(C=NNC(N)=S)cc1Cl. The number of nitrogens with one attached hydrogen (secondary N) is 1. The number of thiocarbonyl (C=S) groups is 1. The molecular formula is C12H16ClN3OS. The van der Waals surface area contributed by atoms with E-state index >= 15 is 0 Å². The van der Waals surface area contributed by atoms with Crippen LogP contribution in [0.25, 0.3) is 0 Å². The summed E-state index contributed by atoms with van der Waals surface area (Å²) in [5, 5.41) is 4.53. The second-order valence-corrected chi connectivity index (χ2v) is 4.47. The highest BCUT2D eigenvalue weighted by atomic mass is 35.5. The first-order valence-corrected chi connectivity index (χ1v) is 6.43. The molecule has 0 saturated heterocycles. The Morgan fingerprint density at radius 2 is 2.39 bits per heavy atom. The van der Waals surface area contributed by atoms with Gasteiger partial charge in [-0.25, -0.2) is 0 Å². The first kappa shape index (κ1) is 14.7. The molecule has 0 bridgehead atoms. The molecule has 3 N–H and O–H groups in total. The lowest BCUT2D eigenvalue weighted by molar-refractivity contribution is 0.309. The Bertz CT molecular complexity index is 437. The molecule has 0 aliphatic heterocycles. The van der Waals surface area contributed by atoms with Gasteiger partial charge < -0.3 is 10.5 Å². The van der Waals surface area contributed by atoms with Gasteiger partial charge in [0.2, 0.25) is 0 Å². The van der Waals surface area contributed by atoms with Crippen LogP contribution in [0.4, 0.5) is 0 Å². The Labute approximate surface area is 117 Å². The molecule has 0 aromatic heterocycles. The Morgan fingerprint density at radius 3 is 3.00 bits per heavy atom. The van der Waals surface area contributed by atoms with Crippen LogP contribution in [0.2, 0.25) is 5.02 Å². The van der Waals surface area contributed by atoms with Crippen molar-refractivity contribution in [1.82, 2.24) is 5.43 Å². The maximum absolute atomic E-state index is 6.09. The molecule has 0 radical (unpaired) electrons. The summed E-state index contributed by atoms with van der Waals surface area (Å²) in [5.74, 6) is 0.685. The van der Waals surface area contributed by atoms with Gasteiger partial charge in [0.15, 0.2) is 5.11 Å². The molecule has 0 unspecified atom stereocenters. The molecule has 0 saturated carbocycles. The van der Waals surface area contributed by atoms with E-state index in [-0.39, 0.29) is 5.11 Å². The van der Waals surface area contributed by atoms with Crippen LogP contribution in [0.1, 0.15) is 25.3 Å². The van der Waals surface area contributed by atoms with E-state index in [9.17, 15) is 0 Å².